The number of aromatic nitrogens is 4. The molecule has 104 valence electrons. The van der Waals surface area contributed by atoms with Crippen molar-refractivity contribution in [2.75, 3.05) is 0 Å². The molecule has 0 aliphatic carbocycles. The molecule has 3 aromatic heterocycles. The van der Waals surface area contributed by atoms with E-state index in [4.69, 9.17) is 0 Å². The van der Waals surface area contributed by atoms with Gasteiger partial charge in [-0.1, -0.05) is 17.4 Å². The Morgan fingerprint density at radius 1 is 1.10 bits per heavy atom. The summed E-state index contributed by atoms with van der Waals surface area (Å²) >= 11 is 2.91. The predicted molar refractivity (Wildman–Crippen MR) is 77.3 cm³/mol. The van der Waals surface area contributed by atoms with Gasteiger partial charge < -0.3 is 0 Å². The zero-order valence-electron chi connectivity index (χ0n) is 10.3. The van der Waals surface area contributed by atoms with Gasteiger partial charge in [0.05, 0.1) is 10.4 Å². The Kier molecular flexibility index (Phi) is 2.79. The molecular weight excluding hydrogens is 314 g/mol. The maximum Gasteiger partial charge on any atom is 0.235 e. The Morgan fingerprint density at radius 2 is 2.00 bits per heavy atom. The Morgan fingerprint density at radius 3 is 2.81 bits per heavy atom. The number of nitrogens with zero attached hydrogens (tertiary/aromatic N) is 4. The topological polar surface area (TPSA) is 43.1 Å². The highest BCUT2D eigenvalue weighted by atomic mass is 32.1. The van der Waals surface area contributed by atoms with Gasteiger partial charge in [0.25, 0.3) is 0 Å². The molecule has 4 rings (SSSR count). The third kappa shape index (κ3) is 2.03. The van der Waals surface area contributed by atoms with E-state index in [9.17, 15) is 8.78 Å². The summed E-state index contributed by atoms with van der Waals surface area (Å²) < 4.78 is 28.6. The highest BCUT2D eigenvalue weighted by Gasteiger charge is 2.18. The Labute approximate surface area is 125 Å². The molecule has 0 saturated carbocycles. The lowest BCUT2D eigenvalue weighted by Crippen LogP contribution is -1.94. The molecule has 0 bridgehead atoms. The van der Waals surface area contributed by atoms with Gasteiger partial charge >= 0.3 is 0 Å². The van der Waals surface area contributed by atoms with Crippen LogP contribution in [0.4, 0.5) is 8.78 Å². The summed E-state index contributed by atoms with van der Waals surface area (Å²) in [6, 6.07) is 7.10. The highest BCUT2D eigenvalue weighted by molar-refractivity contribution is 7.23. The standard InChI is InChI=1S/C13H6F2N4S2/c14-7-3-4-9(15)8(6-7)11-16-17-13-19(11)18-12(21-13)10-2-1-5-20-10/h1-6H. The van der Waals surface area contributed by atoms with E-state index in [1.54, 1.807) is 11.3 Å². The molecule has 8 heteroatoms. The fraction of sp³-hybridized carbons (Fsp3) is 0. The normalized spacial score (nSPS) is 11.3. The maximum atomic E-state index is 13.9. The first-order valence-electron chi connectivity index (χ1n) is 5.94. The van der Waals surface area contributed by atoms with Gasteiger partial charge in [-0.15, -0.1) is 21.5 Å². The van der Waals surface area contributed by atoms with Crippen molar-refractivity contribution >= 4 is 27.6 Å². The lowest BCUT2D eigenvalue weighted by molar-refractivity contribution is 0.601. The van der Waals surface area contributed by atoms with Gasteiger partial charge in [0.2, 0.25) is 4.96 Å². The van der Waals surface area contributed by atoms with E-state index >= 15 is 0 Å². The molecule has 3 heterocycles. The molecule has 0 N–H and O–H groups in total. The van der Waals surface area contributed by atoms with Crippen LogP contribution in [0, 0.1) is 11.6 Å². The SMILES string of the molecule is Fc1ccc(F)c(-c2nnc3sc(-c4cccs4)nn23)c1. The lowest BCUT2D eigenvalue weighted by Gasteiger charge is -1.99. The van der Waals surface area contributed by atoms with Crippen molar-refractivity contribution in [1.82, 2.24) is 19.8 Å². The first kappa shape index (κ1) is 12.5. The molecular formula is C13H6F2N4S2. The fourth-order valence-electron chi connectivity index (χ4n) is 1.95. The van der Waals surface area contributed by atoms with Crippen molar-refractivity contribution in [3.8, 4) is 21.3 Å². The van der Waals surface area contributed by atoms with Crippen LogP contribution in [0.3, 0.4) is 0 Å². The van der Waals surface area contributed by atoms with Crippen molar-refractivity contribution in [2.45, 2.75) is 0 Å². The first-order chi connectivity index (χ1) is 10.2. The van der Waals surface area contributed by atoms with Gasteiger partial charge in [0.15, 0.2) is 10.8 Å². The maximum absolute atomic E-state index is 13.9. The van der Waals surface area contributed by atoms with E-state index in [0.717, 1.165) is 28.1 Å². The second kappa shape index (κ2) is 4.68. The number of hydrogen-bond acceptors (Lipinski definition) is 5. The summed E-state index contributed by atoms with van der Waals surface area (Å²) in [5.74, 6) is -0.894. The Balaban J connectivity index is 1.92. The van der Waals surface area contributed by atoms with E-state index in [1.165, 1.54) is 15.9 Å². The number of fused-ring (bicyclic) bond motifs is 1. The van der Waals surface area contributed by atoms with Crippen LogP contribution in [0.2, 0.25) is 0 Å². The van der Waals surface area contributed by atoms with E-state index in [1.807, 2.05) is 17.5 Å². The molecule has 0 saturated heterocycles. The Bertz CT molecular complexity index is 927. The summed E-state index contributed by atoms with van der Waals surface area (Å²) in [4.78, 5) is 1.54. The summed E-state index contributed by atoms with van der Waals surface area (Å²) in [6.45, 7) is 0. The second-order valence-electron chi connectivity index (χ2n) is 4.23. The smallest absolute Gasteiger partial charge is 0.207 e. The molecule has 0 radical (unpaired) electrons. The van der Waals surface area contributed by atoms with Crippen LogP contribution in [0.5, 0.6) is 0 Å². The number of rotatable bonds is 2. The van der Waals surface area contributed by atoms with Gasteiger partial charge in [0.1, 0.15) is 11.6 Å². The van der Waals surface area contributed by atoms with Gasteiger partial charge in [-0.3, -0.25) is 0 Å². The number of halogens is 2. The molecule has 0 unspecified atom stereocenters. The molecule has 0 aliphatic rings. The molecule has 0 fully saturated rings. The average Bonchev–Trinajstić information content (AvgIpc) is 3.15. The van der Waals surface area contributed by atoms with Crippen molar-refractivity contribution in [2.24, 2.45) is 0 Å². The predicted octanol–water partition coefficient (Wildman–Crippen LogP) is 3.86. The van der Waals surface area contributed by atoms with Crippen molar-refractivity contribution in [3.05, 3.63) is 47.3 Å². The van der Waals surface area contributed by atoms with Crippen LogP contribution in [-0.4, -0.2) is 19.8 Å². The molecule has 4 nitrogen and oxygen atoms in total. The van der Waals surface area contributed by atoms with Crippen molar-refractivity contribution in [1.29, 1.82) is 0 Å². The number of hydrogen-bond donors (Lipinski definition) is 0. The minimum absolute atomic E-state index is 0.0468. The van der Waals surface area contributed by atoms with Crippen molar-refractivity contribution in [3.63, 3.8) is 0 Å². The highest BCUT2D eigenvalue weighted by Crippen LogP contribution is 2.31. The van der Waals surface area contributed by atoms with Gasteiger partial charge in [-0.2, -0.15) is 9.61 Å². The van der Waals surface area contributed by atoms with Gasteiger partial charge in [-0.05, 0) is 29.6 Å². The van der Waals surface area contributed by atoms with E-state index < -0.39 is 11.6 Å². The number of thiophene rings is 1. The third-order valence-corrected chi connectivity index (χ3v) is 4.83. The summed E-state index contributed by atoms with van der Waals surface area (Å²) in [5, 5.41) is 15.0. The average molecular weight is 320 g/mol. The van der Waals surface area contributed by atoms with Gasteiger partial charge in [-0.25, -0.2) is 8.78 Å². The first-order valence-corrected chi connectivity index (χ1v) is 7.63. The summed E-state index contributed by atoms with van der Waals surface area (Å²) in [5.41, 5.74) is 0.0468. The molecule has 1 aromatic carbocycles. The molecule has 0 aliphatic heterocycles. The van der Waals surface area contributed by atoms with Crippen molar-refractivity contribution < 1.29 is 8.78 Å². The molecule has 0 spiro atoms. The van der Waals surface area contributed by atoms with Crippen LogP contribution < -0.4 is 0 Å². The Hall–Kier alpha value is -2.19. The second-order valence-corrected chi connectivity index (χ2v) is 6.13. The molecule has 0 atom stereocenters. The summed E-state index contributed by atoms with van der Waals surface area (Å²) in [7, 11) is 0. The molecule has 21 heavy (non-hydrogen) atoms. The third-order valence-electron chi connectivity index (χ3n) is 2.89. The van der Waals surface area contributed by atoms with E-state index in [0.29, 0.717) is 4.96 Å². The monoisotopic (exact) mass is 320 g/mol. The van der Waals surface area contributed by atoms with Crippen LogP contribution in [0.15, 0.2) is 35.7 Å². The lowest BCUT2D eigenvalue weighted by atomic mass is 10.2. The van der Waals surface area contributed by atoms with Gasteiger partial charge in [0, 0.05) is 0 Å². The minimum Gasteiger partial charge on any atom is -0.207 e. The molecule has 0 amide bonds. The molecule has 4 aromatic rings. The van der Waals surface area contributed by atoms with Crippen LogP contribution >= 0.6 is 22.7 Å². The minimum atomic E-state index is -0.559. The van der Waals surface area contributed by atoms with Crippen LogP contribution in [-0.2, 0) is 0 Å². The summed E-state index contributed by atoms with van der Waals surface area (Å²) in [6.07, 6.45) is 0. The van der Waals surface area contributed by atoms with E-state index in [-0.39, 0.29) is 11.4 Å². The number of benzene rings is 1. The van der Waals surface area contributed by atoms with E-state index in [2.05, 4.69) is 15.3 Å². The fourth-order valence-corrected chi connectivity index (χ4v) is 3.58. The quantitative estimate of drug-likeness (QED) is 0.563. The zero-order chi connectivity index (χ0) is 14.4. The zero-order valence-corrected chi connectivity index (χ0v) is 12.0. The van der Waals surface area contributed by atoms with Crippen LogP contribution in [0.25, 0.3) is 26.2 Å². The largest absolute Gasteiger partial charge is 0.235 e. The van der Waals surface area contributed by atoms with Crippen LogP contribution in [0.1, 0.15) is 0 Å².